The predicted molar refractivity (Wildman–Crippen MR) is 101 cm³/mol. The van der Waals surface area contributed by atoms with Gasteiger partial charge in [-0.05, 0) is 71.8 Å². The zero-order chi connectivity index (χ0) is 21.0. The Hall–Kier alpha value is -3.08. The number of hydrogen-bond donors (Lipinski definition) is 1. The van der Waals surface area contributed by atoms with Crippen LogP contribution in [0.15, 0.2) is 47.6 Å². The number of amides is 1. The second-order valence-corrected chi connectivity index (χ2v) is 6.99. The van der Waals surface area contributed by atoms with E-state index in [2.05, 4.69) is 25.6 Å². The lowest BCUT2D eigenvalue weighted by atomic mass is 10.1. The molecule has 152 valence electrons. The van der Waals surface area contributed by atoms with E-state index in [1.807, 2.05) is 32.0 Å². The van der Waals surface area contributed by atoms with Crippen molar-refractivity contribution in [3.05, 3.63) is 53.6 Å². The van der Waals surface area contributed by atoms with Crippen LogP contribution in [0, 0.1) is 13.8 Å². The molecule has 3 aromatic rings. The molecule has 1 amide bonds. The minimum atomic E-state index is -4.76. The van der Waals surface area contributed by atoms with Crippen molar-refractivity contribution in [2.24, 2.45) is 0 Å². The van der Waals surface area contributed by atoms with E-state index in [0.29, 0.717) is 16.5 Å². The largest absolute Gasteiger partial charge is 0.573 e. The van der Waals surface area contributed by atoms with Crippen molar-refractivity contribution in [1.29, 1.82) is 0 Å². The Kier molecular flexibility index (Phi) is 6.06. The number of aryl methyl sites for hydroxylation is 2. The molecule has 0 aliphatic heterocycles. The minimum absolute atomic E-state index is 0.0581. The molecule has 0 aliphatic carbocycles. The summed E-state index contributed by atoms with van der Waals surface area (Å²) in [5.41, 5.74) is 3.32. The fourth-order valence-corrected chi connectivity index (χ4v) is 3.06. The quantitative estimate of drug-likeness (QED) is 0.606. The summed E-state index contributed by atoms with van der Waals surface area (Å²) in [5, 5.41) is 14.4. The van der Waals surface area contributed by atoms with Crippen molar-refractivity contribution in [2.75, 3.05) is 11.1 Å². The molecule has 0 atom stereocenters. The summed E-state index contributed by atoms with van der Waals surface area (Å²) in [6.45, 7) is 3.94. The van der Waals surface area contributed by atoms with E-state index >= 15 is 0 Å². The third-order valence-electron chi connectivity index (χ3n) is 3.88. The lowest BCUT2D eigenvalue weighted by Gasteiger charge is -2.10. The fourth-order valence-electron chi connectivity index (χ4n) is 2.37. The Balaban J connectivity index is 1.62. The summed E-state index contributed by atoms with van der Waals surface area (Å²) in [6.07, 6.45) is -4.76. The van der Waals surface area contributed by atoms with Gasteiger partial charge in [-0.3, -0.25) is 4.79 Å². The molecule has 3 rings (SSSR count). The molecular formula is C18H16F3N5O2S. The SMILES string of the molecule is Cc1ccc(NC(=O)CSc2nnnn2-c2ccc(OC(F)(F)F)cc2)cc1C. The Morgan fingerprint density at radius 2 is 1.86 bits per heavy atom. The van der Waals surface area contributed by atoms with Gasteiger partial charge in [-0.25, -0.2) is 0 Å². The zero-order valence-corrected chi connectivity index (χ0v) is 16.2. The molecule has 29 heavy (non-hydrogen) atoms. The molecule has 0 unspecified atom stereocenters. The van der Waals surface area contributed by atoms with Crippen LogP contribution in [-0.2, 0) is 4.79 Å². The monoisotopic (exact) mass is 423 g/mol. The van der Waals surface area contributed by atoms with Gasteiger partial charge in [0.2, 0.25) is 11.1 Å². The molecule has 0 bridgehead atoms. The number of thioether (sulfide) groups is 1. The van der Waals surface area contributed by atoms with Crippen LogP contribution in [0.1, 0.15) is 11.1 Å². The van der Waals surface area contributed by atoms with Gasteiger partial charge >= 0.3 is 6.36 Å². The number of nitrogens with zero attached hydrogens (tertiary/aromatic N) is 4. The van der Waals surface area contributed by atoms with Crippen LogP contribution in [0.2, 0.25) is 0 Å². The lowest BCUT2D eigenvalue weighted by molar-refractivity contribution is -0.274. The van der Waals surface area contributed by atoms with Crippen LogP contribution >= 0.6 is 11.8 Å². The van der Waals surface area contributed by atoms with E-state index in [1.165, 1.54) is 16.8 Å². The van der Waals surface area contributed by atoms with Crippen LogP contribution in [-0.4, -0.2) is 38.2 Å². The molecule has 1 aromatic heterocycles. The van der Waals surface area contributed by atoms with Gasteiger partial charge in [0.15, 0.2) is 0 Å². The number of halogens is 3. The Bertz CT molecular complexity index is 1010. The standard InChI is InChI=1S/C18H16F3N5O2S/c1-11-3-4-13(9-12(11)2)22-16(27)10-29-17-23-24-25-26(17)14-5-7-15(8-6-14)28-18(19,20)21/h3-9H,10H2,1-2H3,(H,22,27). The maximum atomic E-state index is 12.3. The Morgan fingerprint density at radius 3 is 2.52 bits per heavy atom. The molecule has 0 spiro atoms. The van der Waals surface area contributed by atoms with Crippen molar-refractivity contribution in [3.63, 3.8) is 0 Å². The summed E-state index contributed by atoms with van der Waals surface area (Å²) in [7, 11) is 0. The Morgan fingerprint density at radius 1 is 1.14 bits per heavy atom. The van der Waals surface area contributed by atoms with Crippen LogP contribution in [0.5, 0.6) is 5.75 Å². The maximum absolute atomic E-state index is 12.3. The van der Waals surface area contributed by atoms with Gasteiger partial charge in [0.25, 0.3) is 0 Å². The number of tetrazole rings is 1. The first-order valence-electron chi connectivity index (χ1n) is 8.36. The van der Waals surface area contributed by atoms with E-state index < -0.39 is 6.36 Å². The molecule has 0 aliphatic rings. The van der Waals surface area contributed by atoms with Crippen molar-refractivity contribution >= 4 is 23.4 Å². The first kappa shape index (κ1) is 20.6. The number of anilines is 1. The lowest BCUT2D eigenvalue weighted by Crippen LogP contribution is -2.17. The normalized spacial score (nSPS) is 11.3. The number of aromatic nitrogens is 4. The van der Waals surface area contributed by atoms with E-state index in [9.17, 15) is 18.0 Å². The highest BCUT2D eigenvalue weighted by atomic mass is 32.2. The first-order valence-corrected chi connectivity index (χ1v) is 9.34. The fraction of sp³-hybridized carbons (Fsp3) is 0.222. The zero-order valence-electron chi connectivity index (χ0n) is 15.4. The molecule has 11 heteroatoms. The number of hydrogen-bond acceptors (Lipinski definition) is 6. The highest BCUT2D eigenvalue weighted by Gasteiger charge is 2.31. The second-order valence-electron chi connectivity index (χ2n) is 6.05. The van der Waals surface area contributed by atoms with Gasteiger partial charge in [0.1, 0.15) is 5.75 Å². The van der Waals surface area contributed by atoms with Gasteiger partial charge in [-0.1, -0.05) is 17.8 Å². The van der Waals surface area contributed by atoms with Crippen molar-refractivity contribution < 1.29 is 22.7 Å². The molecular weight excluding hydrogens is 407 g/mol. The molecule has 7 nitrogen and oxygen atoms in total. The second kappa shape index (κ2) is 8.52. The van der Waals surface area contributed by atoms with Gasteiger partial charge < -0.3 is 10.1 Å². The molecule has 0 saturated carbocycles. The predicted octanol–water partition coefficient (Wildman–Crippen LogP) is 3.91. The molecule has 1 heterocycles. The maximum Gasteiger partial charge on any atom is 0.573 e. The van der Waals surface area contributed by atoms with Crippen LogP contribution in [0.25, 0.3) is 5.69 Å². The van der Waals surface area contributed by atoms with Crippen LogP contribution in [0.4, 0.5) is 18.9 Å². The number of rotatable bonds is 6. The molecule has 1 N–H and O–H groups in total. The topological polar surface area (TPSA) is 81.9 Å². The number of benzene rings is 2. The van der Waals surface area contributed by atoms with Gasteiger partial charge in [-0.2, -0.15) is 4.68 Å². The summed E-state index contributed by atoms with van der Waals surface area (Å²) < 4.78 is 41.9. The number of carbonyl (C=O) groups is 1. The highest BCUT2D eigenvalue weighted by Crippen LogP contribution is 2.25. The Labute approximate surface area is 168 Å². The van der Waals surface area contributed by atoms with E-state index in [0.717, 1.165) is 35.0 Å². The number of alkyl halides is 3. The number of ether oxygens (including phenoxy) is 1. The van der Waals surface area contributed by atoms with Crippen molar-refractivity contribution in [1.82, 2.24) is 20.2 Å². The number of nitrogens with one attached hydrogen (secondary N) is 1. The summed E-state index contributed by atoms with van der Waals surface area (Å²) in [5.74, 6) is -0.527. The van der Waals surface area contributed by atoms with Crippen LogP contribution < -0.4 is 10.1 Å². The van der Waals surface area contributed by atoms with Gasteiger partial charge in [0, 0.05) is 5.69 Å². The first-order chi connectivity index (χ1) is 13.7. The average molecular weight is 423 g/mol. The smallest absolute Gasteiger partial charge is 0.406 e. The van der Waals surface area contributed by atoms with E-state index in [4.69, 9.17) is 0 Å². The summed E-state index contributed by atoms with van der Waals surface area (Å²) in [4.78, 5) is 12.2. The summed E-state index contributed by atoms with van der Waals surface area (Å²) in [6, 6.07) is 10.7. The molecule has 0 saturated heterocycles. The highest BCUT2D eigenvalue weighted by molar-refractivity contribution is 7.99. The van der Waals surface area contributed by atoms with E-state index in [1.54, 1.807) is 0 Å². The third-order valence-corrected chi connectivity index (χ3v) is 4.80. The molecule has 2 aromatic carbocycles. The van der Waals surface area contributed by atoms with E-state index in [-0.39, 0.29) is 17.4 Å². The van der Waals surface area contributed by atoms with Gasteiger partial charge in [-0.15, -0.1) is 18.3 Å². The van der Waals surface area contributed by atoms with Crippen LogP contribution in [0.3, 0.4) is 0 Å². The molecule has 0 fully saturated rings. The third kappa shape index (κ3) is 5.70. The van der Waals surface area contributed by atoms with Crippen molar-refractivity contribution in [3.8, 4) is 11.4 Å². The molecule has 0 radical (unpaired) electrons. The minimum Gasteiger partial charge on any atom is -0.406 e. The van der Waals surface area contributed by atoms with Crippen molar-refractivity contribution in [2.45, 2.75) is 25.4 Å². The summed E-state index contributed by atoms with van der Waals surface area (Å²) >= 11 is 1.10. The van der Waals surface area contributed by atoms with Gasteiger partial charge in [0.05, 0.1) is 11.4 Å². The average Bonchev–Trinajstić information content (AvgIpc) is 3.11. The number of carbonyl (C=O) groups excluding carboxylic acids is 1.